The van der Waals surface area contributed by atoms with E-state index in [4.69, 9.17) is 0 Å². The molecule has 0 bridgehead atoms. The molecule has 4 heteroatoms. The lowest BCUT2D eigenvalue weighted by molar-refractivity contribution is 0.471. The van der Waals surface area contributed by atoms with Crippen LogP contribution in [-0.4, -0.2) is 10.2 Å². The average molecular weight is 438 g/mol. The highest BCUT2D eigenvalue weighted by molar-refractivity contribution is 14.1. The minimum atomic E-state index is 0.252. The van der Waals surface area contributed by atoms with Crippen molar-refractivity contribution in [2.75, 3.05) is 0 Å². The van der Waals surface area contributed by atoms with E-state index in [1.165, 1.54) is 0 Å². The summed E-state index contributed by atoms with van der Waals surface area (Å²) in [4.78, 5) is 0. The Morgan fingerprint density at radius 1 is 0.812 bits per heavy atom. The third-order valence-corrected chi connectivity index (χ3v) is 3.75. The third kappa shape index (κ3) is 2.42. The number of phenols is 2. The van der Waals surface area contributed by atoms with Gasteiger partial charge in [0, 0.05) is 9.13 Å². The van der Waals surface area contributed by atoms with Gasteiger partial charge in [0.15, 0.2) is 0 Å². The van der Waals surface area contributed by atoms with Gasteiger partial charge in [0.05, 0.1) is 3.57 Å². The van der Waals surface area contributed by atoms with Crippen molar-refractivity contribution >= 4 is 45.2 Å². The van der Waals surface area contributed by atoms with Crippen LogP contribution in [0.4, 0.5) is 0 Å². The quantitative estimate of drug-likeness (QED) is 0.662. The van der Waals surface area contributed by atoms with Crippen molar-refractivity contribution in [1.82, 2.24) is 0 Å². The molecule has 82 valence electrons. The number of benzene rings is 2. The van der Waals surface area contributed by atoms with E-state index in [0.29, 0.717) is 0 Å². The summed E-state index contributed by atoms with van der Waals surface area (Å²) in [6, 6.07) is 10.7. The van der Waals surface area contributed by atoms with E-state index in [9.17, 15) is 10.2 Å². The third-order valence-electron chi connectivity index (χ3n) is 2.22. The molecule has 16 heavy (non-hydrogen) atoms. The molecule has 0 fully saturated rings. The number of hydrogen-bond donors (Lipinski definition) is 2. The van der Waals surface area contributed by atoms with Crippen LogP contribution < -0.4 is 0 Å². The molecule has 0 saturated heterocycles. The second-order valence-corrected chi connectivity index (χ2v) is 5.74. The molecule has 0 amide bonds. The topological polar surface area (TPSA) is 40.5 Å². The highest BCUT2D eigenvalue weighted by atomic mass is 127. The van der Waals surface area contributed by atoms with Crippen LogP contribution in [-0.2, 0) is 0 Å². The summed E-state index contributed by atoms with van der Waals surface area (Å²) < 4.78 is 1.84. The molecule has 0 aliphatic carbocycles. The van der Waals surface area contributed by atoms with Gasteiger partial charge in [-0.3, -0.25) is 0 Å². The second-order valence-electron chi connectivity index (χ2n) is 3.33. The molecular weight excluding hydrogens is 430 g/mol. The summed E-state index contributed by atoms with van der Waals surface area (Å²) >= 11 is 4.27. The monoisotopic (exact) mass is 438 g/mol. The smallest absolute Gasteiger partial charge is 0.128 e. The summed E-state index contributed by atoms with van der Waals surface area (Å²) in [5.41, 5.74) is 1.68. The number of aromatic hydroxyl groups is 2. The largest absolute Gasteiger partial charge is 0.507 e. The Morgan fingerprint density at radius 3 is 2.19 bits per heavy atom. The Bertz CT molecular complexity index is 539. The Balaban J connectivity index is 2.58. The van der Waals surface area contributed by atoms with Crippen LogP contribution in [0.15, 0.2) is 36.4 Å². The van der Waals surface area contributed by atoms with Crippen molar-refractivity contribution < 1.29 is 10.2 Å². The Labute approximate surface area is 121 Å². The van der Waals surface area contributed by atoms with Gasteiger partial charge in [0.1, 0.15) is 11.5 Å². The zero-order valence-corrected chi connectivity index (χ0v) is 12.4. The van der Waals surface area contributed by atoms with Gasteiger partial charge in [-0.05, 0) is 81.1 Å². The molecule has 0 aliphatic heterocycles. The van der Waals surface area contributed by atoms with E-state index in [-0.39, 0.29) is 11.5 Å². The molecule has 0 spiro atoms. The number of phenolic OH excluding ortho intramolecular Hbond substituents is 2. The molecule has 2 rings (SSSR count). The molecule has 0 saturated carbocycles. The minimum Gasteiger partial charge on any atom is -0.507 e. The molecule has 2 aromatic carbocycles. The van der Waals surface area contributed by atoms with E-state index >= 15 is 0 Å². The molecule has 0 radical (unpaired) electrons. The van der Waals surface area contributed by atoms with Gasteiger partial charge in [0.25, 0.3) is 0 Å². The summed E-state index contributed by atoms with van der Waals surface area (Å²) in [7, 11) is 0. The van der Waals surface area contributed by atoms with Gasteiger partial charge in [0.2, 0.25) is 0 Å². The zero-order chi connectivity index (χ0) is 11.7. The van der Waals surface area contributed by atoms with Crippen molar-refractivity contribution in [3.8, 4) is 22.6 Å². The van der Waals surface area contributed by atoms with Crippen LogP contribution in [0, 0.1) is 7.14 Å². The SMILES string of the molecule is Oc1ccc(-c2cc(I)ccc2O)cc1I. The van der Waals surface area contributed by atoms with Crippen LogP contribution in [0.5, 0.6) is 11.5 Å². The highest BCUT2D eigenvalue weighted by Gasteiger charge is 2.07. The van der Waals surface area contributed by atoms with Crippen molar-refractivity contribution in [2.24, 2.45) is 0 Å². The first-order valence-corrected chi connectivity index (χ1v) is 6.71. The first-order valence-electron chi connectivity index (χ1n) is 4.55. The predicted octanol–water partition coefficient (Wildman–Crippen LogP) is 3.97. The summed E-state index contributed by atoms with van der Waals surface area (Å²) in [5, 5.41) is 19.2. The highest BCUT2D eigenvalue weighted by Crippen LogP contribution is 2.33. The van der Waals surface area contributed by atoms with Crippen LogP contribution in [0.2, 0.25) is 0 Å². The Hall–Kier alpha value is -0.500. The fraction of sp³-hybridized carbons (Fsp3) is 0. The molecule has 0 unspecified atom stereocenters. The van der Waals surface area contributed by atoms with Crippen LogP contribution >= 0.6 is 45.2 Å². The molecule has 2 aromatic rings. The van der Waals surface area contributed by atoms with Crippen molar-refractivity contribution in [1.29, 1.82) is 0 Å². The summed E-state index contributed by atoms with van der Waals surface area (Å²) in [6.45, 7) is 0. The maximum atomic E-state index is 9.78. The molecule has 0 heterocycles. The van der Waals surface area contributed by atoms with Crippen LogP contribution in [0.1, 0.15) is 0 Å². The number of hydrogen-bond acceptors (Lipinski definition) is 2. The first kappa shape index (κ1) is 12.0. The molecule has 0 aromatic heterocycles. The van der Waals surface area contributed by atoms with Crippen LogP contribution in [0.3, 0.4) is 0 Å². The van der Waals surface area contributed by atoms with Gasteiger partial charge < -0.3 is 10.2 Å². The minimum absolute atomic E-state index is 0.252. The lowest BCUT2D eigenvalue weighted by Crippen LogP contribution is -1.83. The predicted molar refractivity (Wildman–Crippen MR) is 80.6 cm³/mol. The maximum Gasteiger partial charge on any atom is 0.128 e. The fourth-order valence-electron chi connectivity index (χ4n) is 1.41. The van der Waals surface area contributed by atoms with E-state index in [1.807, 2.05) is 18.2 Å². The van der Waals surface area contributed by atoms with E-state index in [1.54, 1.807) is 18.2 Å². The lowest BCUT2D eigenvalue weighted by atomic mass is 10.0. The van der Waals surface area contributed by atoms with E-state index in [0.717, 1.165) is 18.3 Å². The Kier molecular flexibility index (Phi) is 3.58. The molecule has 2 N–H and O–H groups in total. The zero-order valence-electron chi connectivity index (χ0n) is 8.11. The second kappa shape index (κ2) is 4.79. The van der Waals surface area contributed by atoms with E-state index in [2.05, 4.69) is 45.2 Å². The standard InChI is InChI=1S/C12H8I2O2/c13-8-2-4-11(15)9(6-8)7-1-3-12(16)10(14)5-7/h1-6,15-16H. The van der Waals surface area contributed by atoms with Crippen LogP contribution in [0.25, 0.3) is 11.1 Å². The Morgan fingerprint density at radius 2 is 1.50 bits per heavy atom. The van der Waals surface area contributed by atoms with Crippen molar-refractivity contribution in [2.45, 2.75) is 0 Å². The van der Waals surface area contributed by atoms with Gasteiger partial charge in [-0.1, -0.05) is 6.07 Å². The van der Waals surface area contributed by atoms with Crippen molar-refractivity contribution in [3.05, 3.63) is 43.5 Å². The number of halogens is 2. The van der Waals surface area contributed by atoms with Gasteiger partial charge in [-0.2, -0.15) is 0 Å². The average Bonchev–Trinajstić information content (AvgIpc) is 2.26. The molecular formula is C12H8I2O2. The lowest BCUT2D eigenvalue weighted by Gasteiger charge is -2.06. The van der Waals surface area contributed by atoms with Gasteiger partial charge in [-0.15, -0.1) is 0 Å². The summed E-state index contributed by atoms with van der Waals surface area (Å²) in [6.07, 6.45) is 0. The number of rotatable bonds is 1. The summed E-state index contributed by atoms with van der Waals surface area (Å²) in [5.74, 6) is 0.511. The molecule has 0 atom stereocenters. The molecule has 2 nitrogen and oxygen atoms in total. The van der Waals surface area contributed by atoms with Gasteiger partial charge >= 0.3 is 0 Å². The first-order chi connectivity index (χ1) is 7.58. The van der Waals surface area contributed by atoms with E-state index < -0.39 is 0 Å². The maximum absolute atomic E-state index is 9.78. The van der Waals surface area contributed by atoms with Gasteiger partial charge in [-0.25, -0.2) is 0 Å². The molecule has 0 aliphatic rings. The van der Waals surface area contributed by atoms with Crippen molar-refractivity contribution in [3.63, 3.8) is 0 Å². The normalized spacial score (nSPS) is 10.4. The fourth-order valence-corrected chi connectivity index (χ4v) is 2.42.